The minimum atomic E-state index is -3.33. The van der Waals surface area contributed by atoms with Crippen LogP contribution in [0.1, 0.15) is 25.3 Å². The van der Waals surface area contributed by atoms with E-state index in [1.54, 1.807) is 24.3 Å². The molecule has 0 aliphatic carbocycles. The highest BCUT2D eigenvalue weighted by Gasteiger charge is 2.48. The van der Waals surface area contributed by atoms with E-state index in [9.17, 15) is 13.2 Å². The summed E-state index contributed by atoms with van der Waals surface area (Å²) in [5.74, 6) is -0.320. The first-order chi connectivity index (χ1) is 12.9. The van der Waals surface area contributed by atoms with Gasteiger partial charge in [-0.15, -0.1) is 0 Å². The van der Waals surface area contributed by atoms with Crippen molar-refractivity contribution in [2.75, 3.05) is 11.9 Å². The minimum absolute atomic E-state index is 0.00861. The summed E-state index contributed by atoms with van der Waals surface area (Å²) in [6.07, 6.45) is 2.42. The van der Waals surface area contributed by atoms with E-state index in [1.807, 2.05) is 11.9 Å². The average molecular weight is 387 g/mol. The number of rotatable bonds is 4. The molecule has 0 aromatic heterocycles. The molecular weight excluding hydrogens is 366 g/mol. The Bertz CT molecular complexity index is 952. The topological polar surface area (TPSA) is 114 Å². The van der Waals surface area contributed by atoms with E-state index < -0.39 is 9.84 Å². The number of benzene rings is 1. The second-order valence-corrected chi connectivity index (χ2v) is 8.94. The molecule has 0 spiro atoms. The standard InChI is InChI=1S/C18H21N5O3S/c1-11(4-7-19)23-14-5-8-20-18(24)16(14)17(22-23)21-13-2-3-15-12(10-13)6-9-27(15,25)26/h2-3,6,9-11,14,16-17,21-22H,4-5,8H2,1H3,(H,20,24). The van der Waals surface area contributed by atoms with Crippen LogP contribution >= 0.6 is 0 Å². The molecule has 2 saturated heterocycles. The minimum Gasteiger partial charge on any atom is -0.368 e. The maximum Gasteiger partial charge on any atom is 0.228 e. The molecule has 9 heteroatoms. The van der Waals surface area contributed by atoms with Crippen molar-refractivity contribution in [2.45, 2.75) is 42.9 Å². The molecule has 4 unspecified atom stereocenters. The van der Waals surface area contributed by atoms with Crippen molar-refractivity contribution < 1.29 is 13.2 Å². The number of nitrogens with zero attached hydrogens (tertiary/aromatic N) is 2. The van der Waals surface area contributed by atoms with Gasteiger partial charge in [0.2, 0.25) is 5.91 Å². The Labute approximate surface area is 158 Å². The first kappa shape index (κ1) is 18.0. The molecule has 1 amide bonds. The molecule has 0 radical (unpaired) electrons. The summed E-state index contributed by atoms with van der Waals surface area (Å²) >= 11 is 0. The highest BCUT2D eigenvalue weighted by Crippen LogP contribution is 2.33. The fourth-order valence-corrected chi connectivity index (χ4v) is 5.27. The average Bonchev–Trinajstić information content (AvgIpc) is 3.14. The fraction of sp³-hybridized carbons (Fsp3) is 0.444. The van der Waals surface area contributed by atoms with E-state index in [4.69, 9.17) is 5.26 Å². The predicted molar refractivity (Wildman–Crippen MR) is 99.6 cm³/mol. The summed E-state index contributed by atoms with van der Waals surface area (Å²) in [4.78, 5) is 12.8. The van der Waals surface area contributed by atoms with Gasteiger partial charge in [0.15, 0.2) is 9.84 Å². The van der Waals surface area contributed by atoms with Crippen LogP contribution in [0.2, 0.25) is 0 Å². The van der Waals surface area contributed by atoms with Crippen molar-refractivity contribution in [1.29, 1.82) is 5.26 Å². The second-order valence-electron chi connectivity index (χ2n) is 7.14. The van der Waals surface area contributed by atoms with E-state index in [2.05, 4.69) is 22.1 Å². The number of hydrogen-bond donors (Lipinski definition) is 3. The lowest BCUT2D eigenvalue weighted by molar-refractivity contribution is -0.127. The number of hydrazine groups is 1. The van der Waals surface area contributed by atoms with Gasteiger partial charge < -0.3 is 10.6 Å². The van der Waals surface area contributed by atoms with Crippen LogP contribution in [0.25, 0.3) is 6.08 Å². The summed E-state index contributed by atoms with van der Waals surface area (Å²) in [5, 5.41) is 18.5. The smallest absolute Gasteiger partial charge is 0.228 e. The van der Waals surface area contributed by atoms with Gasteiger partial charge in [0.25, 0.3) is 0 Å². The Hall–Kier alpha value is -2.41. The maximum absolute atomic E-state index is 12.5. The Morgan fingerprint density at radius 2 is 2.26 bits per heavy atom. The number of hydrogen-bond acceptors (Lipinski definition) is 7. The molecule has 0 bridgehead atoms. The van der Waals surface area contributed by atoms with Crippen LogP contribution < -0.4 is 16.1 Å². The number of carbonyl (C=O) groups is 1. The Balaban J connectivity index is 1.59. The van der Waals surface area contributed by atoms with Gasteiger partial charge in [-0.05, 0) is 43.2 Å². The van der Waals surface area contributed by atoms with Gasteiger partial charge in [-0.1, -0.05) is 0 Å². The number of nitriles is 1. The number of piperidine rings is 1. The van der Waals surface area contributed by atoms with E-state index in [0.717, 1.165) is 12.1 Å². The van der Waals surface area contributed by atoms with Gasteiger partial charge in [-0.2, -0.15) is 5.26 Å². The fourth-order valence-electron chi connectivity index (χ4n) is 4.09. The van der Waals surface area contributed by atoms with Crippen LogP contribution in [0.4, 0.5) is 5.69 Å². The summed E-state index contributed by atoms with van der Waals surface area (Å²) in [6, 6.07) is 7.24. The van der Waals surface area contributed by atoms with E-state index in [1.165, 1.54) is 5.41 Å². The third-order valence-corrected chi connectivity index (χ3v) is 6.87. The summed E-state index contributed by atoms with van der Waals surface area (Å²) < 4.78 is 23.8. The molecule has 3 heterocycles. The van der Waals surface area contributed by atoms with Crippen LogP contribution in [-0.4, -0.2) is 44.1 Å². The zero-order valence-electron chi connectivity index (χ0n) is 14.8. The first-order valence-corrected chi connectivity index (χ1v) is 10.5. The molecule has 4 rings (SSSR count). The number of sulfone groups is 1. The third-order valence-electron chi connectivity index (χ3n) is 5.39. The Morgan fingerprint density at radius 1 is 1.44 bits per heavy atom. The van der Waals surface area contributed by atoms with E-state index >= 15 is 0 Å². The van der Waals surface area contributed by atoms with Crippen LogP contribution in [0.3, 0.4) is 0 Å². The molecule has 4 atom stereocenters. The van der Waals surface area contributed by atoms with Crippen LogP contribution in [0, 0.1) is 17.2 Å². The van der Waals surface area contributed by atoms with Crippen molar-refractivity contribution in [3.63, 3.8) is 0 Å². The van der Waals surface area contributed by atoms with Gasteiger partial charge in [-0.3, -0.25) is 4.79 Å². The van der Waals surface area contributed by atoms with Crippen molar-refractivity contribution in [2.24, 2.45) is 5.92 Å². The molecule has 3 aliphatic heterocycles. The Kier molecular flexibility index (Phi) is 4.42. The summed E-state index contributed by atoms with van der Waals surface area (Å²) in [5.41, 5.74) is 4.73. The van der Waals surface area contributed by atoms with Crippen molar-refractivity contribution in [3.05, 3.63) is 29.2 Å². The highest BCUT2D eigenvalue weighted by atomic mass is 32.2. The van der Waals surface area contributed by atoms with Gasteiger partial charge in [-0.25, -0.2) is 18.9 Å². The number of carbonyl (C=O) groups excluding carboxylic acids is 1. The first-order valence-electron chi connectivity index (χ1n) is 8.93. The number of fused-ring (bicyclic) bond motifs is 2. The zero-order chi connectivity index (χ0) is 19.2. The second kappa shape index (κ2) is 6.64. The zero-order valence-corrected chi connectivity index (χ0v) is 15.7. The normalized spacial score (nSPS) is 29.5. The lowest BCUT2D eigenvalue weighted by atomic mass is 9.90. The van der Waals surface area contributed by atoms with Gasteiger partial charge in [0.1, 0.15) is 6.17 Å². The number of anilines is 1. The van der Waals surface area contributed by atoms with Crippen molar-refractivity contribution in [3.8, 4) is 6.07 Å². The molecule has 0 saturated carbocycles. The molecule has 1 aromatic carbocycles. The van der Waals surface area contributed by atoms with Crippen LogP contribution in [0.15, 0.2) is 28.5 Å². The van der Waals surface area contributed by atoms with Crippen LogP contribution in [-0.2, 0) is 14.6 Å². The van der Waals surface area contributed by atoms with Gasteiger partial charge in [0, 0.05) is 29.7 Å². The molecule has 27 heavy (non-hydrogen) atoms. The quantitative estimate of drug-likeness (QED) is 0.700. The number of nitrogens with one attached hydrogen (secondary N) is 3. The number of amides is 1. The predicted octanol–water partition coefficient (Wildman–Crippen LogP) is 0.810. The molecular formula is C18H21N5O3S. The lowest BCUT2D eigenvalue weighted by Crippen LogP contribution is -2.51. The largest absolute Gasteiger partial charge is 0.368 e. The summed E-state index contributed by atoms with van der Waals surface area (Å²) in [7, 11) is -3.33. The monoisotopic (exact) mass is 387 g/mol. The molecule has 2 fully saturated rings. The van der Waals surface area contributed by atoms with Crippen molar-refractivity contribution >= 4 is 27.5 Å². The SMILES string of the molecule is CC(CC#N)N1NC(Nc2ccc3c(c2)C=CS3(=O)=O)C2C(=O)NCCC21. The lowest BCUT2D eigenvalue weighted by Gasteiger charge is -2.33. The Morgan fingerprint density at radius 3 is 3.04 bits per heavy atom. The molecule has 3 N–H and O–H groups in total. The molecule has 1 aromatic rings. The van der Waals surface area contributed by atoms with Crippen LogP contribution in [0.5, 0.6) is 0 Å². The van der Waals surface area contributed by atoms with Crippen molar-refractivity contribution in [1.82, 2.24) is 15.8 Å². The maximum atomic E-state index is 12.5. The van der Waals surface area contributed by atoms with E-state index in [-0.39, 0.29) is 30.1 Å². The van der Waals surface area contributed by atoms with E-state index in [0.29, 0.717) is 23.4 Å². The van der Waals surface area contributed by atoms with Gasteiger partial charge >= 0.3 is 0 Å². The molecule has 8 nitrogen and oxygen atoms in total. The molecule has 3 aliphatic rings. The highest BCUT2D eigenvalue weighted by molar-refractivity contribution is 7.94. The van der Waals surface area contributed by atoms with Gasteiger partial charge in [0.05, 0.1) is 23.3 Å². The molecule has 142 valence electrons. The summed E-state index contributed by atoms with van der Waals surface area (Å²) in [6.45, 7) is 2.58. The third kappa shape index (κ3) is 3.10.